The Balaban J connectivity index is 0.00000231. The van der Waals surface area contributed by atoms with Crippen LogP contribution in [0.3, 0.4) is 0 Å². The lowest BCUT2D eigenvalue weighted by Gasteiger charge is -2.24. The zero-order valence-electron chi connectivity index (χ0n) is 16.8. The molecule has 0 atom stereocenters. The van der Waals surface area contributed by atoms with Crippen molar-refractivity contribution in [3.8, 4) is 22.9 Å². The van der Waals surface area contributed by atoms with E-state index in [1.807, 2.05) is 37.3 Å². The molecule has 158 valence electrons. The Kier molecular flexibility index (Phi) is 5.10. The first-order chi connectivity index (χ1) is 14.7. The summed E-state index contributed by atoms with van der Waals surface area (Å²) in [6, 6.07) is 9.91. The Bertz CT molecular complexity index is 1040. The fraction of sp³-hybridized carbons (Fsp3) is 0.381. The number of anilines is 3. The summed E-state index contributed by atoms with van der Waals surface area (Å²) in [5.41, 5.74) is 1.76. The highest BCUT2D eigenvalue weighted by molar-refractivity contribution is 5.72. The molecule has 2 aliphatic heterocycles. The first kappa shape index (κ1) is 18.7. The Hall–Kier alpha value is -3.33. The minimum Gasteiger partial charge on any atom is -0.486 e. The van der Waals surface area contributed by atoms with Crippen LogP contribution in [0, 0.1) is 6.92 Å². The number of rotatable bonds is 5. The van der Waals surface area contributed by atoms with Gasteiger partial charge in [-0.2, -0.15) is 5.10 Å². The molecule has 1 aromatic carbocycles. The summed E-state index contributed by atoms with van der Waals surface area (Å²) in [6.45, 7) is 4.50. The molecule has 0 bridgehead atoms. The number of aromatic amines is 1. The molecule has 0 unspecified atom stereocenters. The third kappa shape index (κ3) is 4.02. The van der Waals surface area contributed by atoms with Crippen molar-refractivity contribution in [3.05, 3.63) is 36.0 Å². The second kappa shape index (κ2) is 8.19. The summed E-state index contributed by atoms with van der Waals surface area (Å²) in [7, 11) is 0. The molecule has 3 aromatic rings. The molecule has 30 heavy (non-hydrogen) atoms. The second-order valence-corrected chi connectivity index (χ2v) is 7.38. The van der Waals surface area contributed by atoms with Crippen LogP contribution >= 0.6 is 0 Å². The lowest BCUT2D eigenvalue weighted by Crippen LogP contribution is -2.28. The van der Waals surface area contributed by atoms with Crippen molar-refractivity contribution in [2.45, 2.75) is 25.8 Å². The van der Waals surface area contributed by atoms with Crippen LogP contribution in [0.25, 0.3) is 11.4 Å². The maximum Gasteiger partial charge on any atom is 0.172 e. The molecule has 5 rings (SSSR count). The van der Waals surface area contributed by atoms with Gasteiger partial charge in [-0.15, -0.1) is 0 Å². The van der Waals surface area contributed by atoms with Crippen molar-refractivity contribution in [2.24, 2.45) is 0 Å². The van der Waals surface area contributed by atoms with Gasteiger partial charge in [0.05, 0.1) is 5.56 Å². The maximum absolute atomic E-state index is 5.88. The van der Waals surface area contributed by atoms with Crippen LogP contribution in [-0.4, -0.2) is 52.6 Å². The predicted octanol–water partition coefficient (Wildman–Crippen LogP) is 3.53. The predicted molar refractivity (Wildman–Crippen MR) is 115 cm³/mol. The zero-order valence-corrected chi connectivity index (χ0v) is 16.8. The van der Waals surface area contributed by atoms with E-state index in [4.69, 9.17) is 24.2 Å². The number of nitrogens with zero attached hydrogens (tertiary/aromatic N) is 3. The summed E-state index contributed by atoms with van der Waals surface area (Å²) in [4.78, 5) is 9.52. The molecular weight excluding hydrogens is 384 g/mol. The van der Waals surface area contributed by atoms with E-state index in [2.05, 4.69) is 20.8 Å². The van der Waals surface area contributed by atoms with Crippen LogP contribution in [0.5, 0.6) is 11.5 Å². The topological polar surface area (TPSA) is 106 Å². The number of para-hydroxylation sites is 1. The molecular formula is C21H26N6O3. The molecule has 0 aliphatic carbocycles. The Morgan fingerprint density at radius 3 is 2.67 bits per heavy atom. The van der Waals surface area contributed by atoms with Crippen molar-refractivity contribution in [1.82, 2.24) is 20.2 Å². The van der Waals surface area contributed by atoms with E-state index >= 15 is 0 Å². The zero-order chi connectivity index (χ0) is 20.3. The van der Waals surface area contributed by atoms with Crippen molar-refractivity contribution in [1.29, 1.82) is 0 Å². The van der Waals surface area contributed by atoms with Gasteiger partial charge in [-0.1, -0.05) is 6.07 Å². The van der Waals surface area contributed by atoms with E-state index in [0.717, 1.165) is 43.1 Å². The number of nitrogens with one attached hydrogen (secondary N) is 3. The molecule has 4 heterocycles. The number of H-pyrrole nitrogens is 1. The SMILES string of the molecule is Cc1cc(Nc2cc(NC3CCOCC3)nc(-c3cccc4c3OCCO4)n2)n[nH]1.[HH]. The van der Waals surface area contributed by atoms with Crippen molar-refractivity contribution < 1.29 is 15.6 Å². The summed E-state index contributed by atoms with van der Waals surface area (Å²) in [5.74, 6) is 4.04. The van der Waals surface area contributed by atoms with Gasteiger partial charge in [-0.3, -0.25) is 5.10 Å². The highest BCUT2D eigenvalue weighted by Gasteiger charge is 2.21. The summed E-state index contributed by atoms with van der Waals surface area (Å²) < 4.78 is 17.1. The molecule has 2 aromatic heterocycles. The van der Waals surface area contributed by atoms with Gasteiger partial charge >= 0.3 is 0 Å². The van der Waals surface area contributed by atoms with Crippen LogP contribution in [0.1, 0.15) is 20.0 Å². The number of hydrogen-bond donors (Lipinski definition) is 3. The minimum absolute atomic E-state index is 0. The lowest BCUT2D eigenvalue weighted by molar-refractivity contribution is 0.0904. The maximum atomic E-state index is 5.88. The minimum atomic E-state index is 0. The summed E-state index contributed by atoms with van der Waals surface area (Å²) in [5, 5.41) is 14.0. The van der Waals surface area contributed by atoms with Gasteiger partial charge in [0.25, 0.3) is 0 Å². The van der Waals surface area contributed by atoms with Crippen molar-refractivity contribution in [3.63, 3.8) is 0 Å². The van der Waals surface area contributed by atoms with Crippen LogP contribution in [0.2, 0.25) is 0 Å². The van der Waals surface area contributed by atoms with E-state index < -0.39 is 0 Å². The fourth-order valence-electron chi connectivity index (χ4n) is 3.62. The van der Waals surface area contributed by atoms with Gasteiger partial charge in [0.15, 0.2) is 23.1 Å². The molecule has 3 N–H and O–H groups in total. The third-order valence-electron chi connectivity index (χ3n) is 5.07. The van der Waals surface area contributed by atoms with Gasteiger partial charge in [-0.05, 0) is 31.9 Å². The van der Waals surface area contributed by atoms with Crippen molar-refractivity contribution in [2.75, 3.05) is 37.1 Å². The molecule has 0 spiro atoms. The number of hydrogen-bond acceptors (Lipinski definition) is 8. The molecule has 9 heteroatoms. The quantitative estimate of drug-likeness (QED) is 0.587. The van der Waals surface area contributed by atoms with E-state index in [9.17, 15) is 0 Å². The van der Waals surface area contributed by atoms with Crippen LogP contribution < -0.4 is 20.1 Å². The highest BCUT2D eigenvalue weighted by atomic mass is 16.6. The lowest BCUT2D eigenvalue weighted by atomic mass is 10.1. The Morgan fingerprint density at radius 1 is 1.00 bits per heavy atom. The molecule has 9 nitrogen and oxygen atoms in total. The monoisotopic (exact) mass is 410 g/mol. The normalized spacial score (nSPS) is 16.3. The van der Waals surface area contributed by atoms with Gasteiger partial charge < -0.3 is 24.8 Å². The van der Waals surface area contributed by atoms with Gasteiger partial charge in [0.1, 0.15) is 24.8 Å². The van der Waals surface area contributed by atoms with Crippen LogP contribution in [-0.2, 0) is 4.74 Å². The third-order valence-corrected chi connectivity index (χ3v) is 5.07. The first-order valence-corrected chi connectivity index (χ1v) is 10.2. The molecule has 0 saturated carbocycles. The van der Waals surface area contributed by atoms with Crippen LogP contribution in [0.15, 0.2) is 30.3 Å². The van der Waals surface area contributed by atoms with E-state index in [-0.39, 0.29) is 1.43 Å². The molecule has 1 fully saturated rings. The smallest absolute Gasteiger partial charge is 0.172 e. The van der Waals surface area contributed by atoms with E-state index in [1.54, 1.807) is 0 Å². The average Bonchev–Trinajstić information content (AvgIpc) is 3.18. The number of aromatic nitrogens is 4. The number of fused-ring (bicyclic) bond motifs is 1. The Labute approximate surface area is 175 Å². The molecule has 2 aliphatic rings. The highest BCUT2D eigenvalue weighted by Crippen LogP contribution is 2.39. The number of benzene rings is 1. The fourth-order valence-corrected chi connectivity index (χ4v) is 3.62. The van der Waals surface area contributed by atoms with E-state index in [0.29, 0.717) is 48.2 Å². The van der Waals surface area contributed by atoms with E-state index in [1.165, 1.54) is 0 Å². The summed E-state index contributed by atoms with van der Waals surface area (Å²) >= 11 is 0. The Morgan fingerprint density at radius 2 is 1.83 bits per heavy atom. The second-order valence-electron chi connectivity index (χ2n) is 7.38. The van der Waals surface area contributed by atoms with Gasteiger partial charge in [-0.25, -0.2) is 9.97 Å². The number of aryl methyl sites for hydroxylation is 1. The summed E-state index contributed by atoms with van der Waals surface area (Å²) in [6.07, 6.45) is 1.89. The van der Waals surface area contributed by atoms with Crippen LogP contribution in [0.4, 0.5) is 17.5 Å². The van der Waals surface area contributed by atoms with Crippen molar-refractivity contribution >= 4 is 17.5 Å². The standard InChI is InChI=1S/C21H24N6O3.H2/c1-13-11-19(27-26-13)23-18-12-17(22-14-5-7-28-8-6-14)24-21(25-18)15-3-2-4-16-20(15)30-10-9-29-16;/h2-4,11-12,14H,5-10H2,1H3,(H3,22,23,24,25,26,27);1H. The van der Waals surface area contributed by atoms with Gasteiger partial charge in [0, 0.05) is 38.5 Å². The molecule has 0 amide bonds. The number of ether oxygens (including phenoxy) is 3. The largest absolute Gasteiger partial charge is 0.486 e. The average molecular weight is 410 g/mol. The molecule has 0 radical (unpaired) electrons. The van der Waals surface area contributed by atoms with Gasteiger partial charge in [0.2, 0.25) is 0 Å². The molecule has 1 saturated heterocycles. The first-order valence-electron chi connectivity index (χ1n) is 10.2.